The van der Waals surface area contributed by atoms with Gasteiger partial charge in [-0.05, 0) is 30.8 Å². The van der Waals surface area contributed by atoms with E-state index in [4.69, 9.17) is 4.74 Å². The maximum atomic E-state index is 12.6. The monoisotopic (exact) mass is 341 g/mol. The molecule has 0 bridgehead atoms. The number of hydrogen-bond acceptors (Lipinski definition) is 5. The van der Waals surface area contributed by atoms with E-state index in [-0.39, 0.29) is 17.4 Å². The van der Waals surface area contributed by atoms with Gasteiger partial charge < -0.3 is 15.0 Å². The Hall–Kier alpha value is -1.64. The van der Waals surface area contributed by atoms with Crippen LogP contribution >= 0.6 is 0 Å². The summed E-state index contributed by atoms with van der Waals surface area (Å²) in [6.45, 7) is 5.43. The van der Waals surface area contributed by atoms with Crippen molar-refractivity contribution in [1.82, 2.24) is 14.5 Å². The second kappa shape index (κ2) is 7.76. The Kier molecular flexibility index (Phi) is 5.97. The number of nitrogens with zero attached hydrogens (tertiary/aromatic N) is 2. The van der Waals surface area contributed by atoms with E-state index in [0.717, 1.165) is 19.6 Å². The molecule has 1 saturated heterocycles. The van der Waals surface area contributed by atoms with Crippen molar-refractivity contribution in [3.05, 3.63) is 24.3 Å². The Morgan fingerprint density at radius 1 is 1.17 bits per heavy atom. The van der Waals surface area contributed by atoms with Gasteiger partial charge in [-0.25, -0.2) is 8.42 Å². The molecule has 0 radical (unpaired) electrons. The SMILES string of the molecule is CCN1CCN(S(=O)(=O)c2ccc(OCC(=O)NC)cc2)CC1. The highest BCUT2D eigenvalue weighted by Gasteiger charge is 2.27. The zero-order valence-corrected chi connectivity index (χ0v) is 14.3. The number of piperazine rings is 1. The van der Waals surface area contributed by atoms with E-state index < -0.39 is 10.0 Å². The minimum absolute atomic E-state index is 0.0957. The molecule has 0 aliphatic carbocycles. The van der Waals surface area contributed by atoms with Crippen LogP contribution in [0.4, 0.5) is 0 Å². The van der Waals surface area contributed by atoms with Crippen molar-refractivity contribution >= 4 is 15.9 Å². The molecule has 1 aromatic rings. The molecule has 0 atom stereocenters. The van der Waals surface area contributed by atoms with Crippen LogP contribution in [0.25, 0.3) is 0 Å². The summed E-state index contributed by atoms with van der Waals surface area (Å²) in [5.74, 6) is 0.221. The molecule has 8 heteroatoms. The summed E-state index contributed by atoms with van der Waals surface area (Å²) in [6, 6.07) is 6.16. The van der Waals surface area contributed by atoms with E-state index in [0.29, 0.717) is 18.8 Å². The Balaban J connectivity index is 2.01. The minimum Gasteiger partial charge on any atom is -0.484 e. The van der Waals surface area contributed by atoms with Gasteiger partial charge in [0.05, 0.1) is 4.90 Å². The number of amides is 1. The molecule has 23 heavy (non-hydrogen) atoms. The highest BCUT2D eigenvalue weighted by atomic mass is 32.2. The zero-order valence-electron chi connectivity index (χ0n) is 13.5. The van der Waals surface area contributed by atoms with Gasteiger partial charge in [-0.1, -0.05) is 6.92 Å². The van der Waals surface area contributed by atoms with Gasteiger partial charge in [-0.3, -0.25) is 4.79 Å². The first-order chi connectivity index (χ1) is 11.0. The van der Waals surface area contributed by atoms with Crippen molar-refractivity contribution in [2.45, 2.75) is 11.8 Å². The van der Waals surface area contributed by atoms with Crippen molar-refractivity contribution < 1.29 is 17.9 Å². The summed E-state index contributed by atoms with van der Waals surface area (Å²) in [5, 5.41) is 2.45. The molecule has 0 unspecified atom stereocenters. The van der Waals surface area contributed by atoms with Crippen molar-refractivity contribution in [3.8, 4) is 5.75 Å². The van der Waals surface area contributed by atoms with E-state index in [1.54, 1.807) is 12.1 Å². The molecule has 1 aliphatic heterocycles. The van der Waals surface area contributed by atoms with Gasteiger partial charge in [-0.15, -0.1) is 0 Å². The number of hydrogen-bond donors (Lipinski definition) is 1. The fraction of sp³-hybridized carbons (Fsp3) is 0.533. The average molecular weight is 341 g/mol. The third-order valence-electron chi connectivity index (χ3n) is 3.89. The van der Waals surface area contributed by atoms with E-state index in [1.807, 2.05) is 0 Å². The highest BCUT2D eigenvalue weighted by molar-refractivity contribution is 7.89. The summed E-state index contributed by atoms with van der Waals surface area (Å²) in [7, 11) is -1.95. The topological polar surface area (TPSA) is 79.0 Å². The van der Waals surface area contributed by atoms with Gasteiger partial charge >= 0.3 is 0 Å². The molecule has 2 rings (SSSR count). The van der Waals surface area contributed by atoms with Crippen LogP contribution in [0.2, 0.25) is 0 Å². The number of nitrogens with one attached hydrogen (secondary N) is 1. The van der Waals surface area contributed by atoms with Crippen LogP contribution in [-0.2, 0) is 14.8 Å². The van der Waals surface area contributed by atoms with Gasteiger partial charge in [0, 0.05) is 33.2 Å². The number of benzene rings is 1. The van der Waals surface area contributed by atoms with E-state index in [9.17, 15) is 13.2 Å². The summed E-state index contributed by atoms with van der Waals surface area (Å²) >= 11 is 0. The predicted octanol–water partition coefficient (Wildman–Crippen LogP) is 0.138. The lowest BCUT2D eigenvalue weighted by molar-refractivity contribution is -0.122. The van der Waals surface area contributed by atoms with Crippen LogP contribution in [0.1, 0.15) is 6.92 Å². The third-order valence-corrected chi connectivity index (χ3v) is 5.80. The van der Waals surface area contributed by atoms with Crippen molar-refractivity contribution in [2.24, 2.45) is 0 Å². The molecule has 1 aromatic carbocycles. The fourth-order valence-corrected chi connectivity index (χ4v) is 3.79. The lowest BCUT2D eigenvalue weighted by Crippen LogP contribution is -2.48. The van der Waals surface area contributed by atoms with Crippen LogP contribution < -0.4 is 10.1 Å². The summed E-state index contributed by atoms with van der Waals surface area (Å²) < 4.78 is 32.0. The second-order valence-corrected chi connectivity index (χ2v) is 7.21. The maximum Gasteiger partial charge on any atom is 0.257 e. The average Bonchev–Trinajstić information content (AvgIpc) is 2.60. The molecule has 1 heterocycles. The van der Waals surface area contributed by atoms with Crippen molar-refractivity contribution in [3.63, 3.8) is 0 Å². The van der Waals surface area contributed by atoms with Gasteiger partial charge in [0.1, 0.15) is 5.75 Å². The molecular weight excluding hydrogens is 318 g/mol. The molecule has 1 aliphatic rings. The highest BCUT2D eigenvalue weighted by Crippen LogP contribution is 2.20. The second-order valence-electron chi connectivity index (χ2n) is 5.27. The zero-order chi connectivity index (χ0) is 16.9. The Bertz CT molecular complexity index is 623. The summed E-state index contributed by atoms with van der Waals surface area (Å²) in [5.41, 5.74) is 0. The van der Waals surface area contributed by atoms with Crippen LogP contribution in [0, 0.1) is 0 Å². The number of ether oxygens (including phenoxy) is 1. The van der Waals surface area contributed by atoms with Gasteiger partial charge in [0.2, 0.25) is 10.0 Å². The Morgan fingerprint density at radius 2 is 1.78 bits per heavy atom. The first-order valence-corrected chi connectivity index (χ1v) is 9.07. The molecule has 0 aromatic heterocycles. The van der Waals surface area contributed by atoms with E-state index in [2.05, 4.69) is 17.1 Å². The van der Waals surface area contributed by atoms with Crippen LogP contribution in [0.3, 0.4) is 0 Å². The largest absolute Gasteiger partial charge is 0.484 e. The maximum absolute atomic E-state index is 12.6. The number of carbonyl (C=O) groups is 1. The summed E-state index contributed by atoms with van der Waals surface area (Å²) in [4.78, 5) is 13.6. The predicted molar refractivity (Wildman–Crippen MR) is 86.9 cm³/mol. The minimum atomic E-state index is -3.47. The first kappa shape index (κ1) is 17.7. The molecule has 7 nitrogen and oxygen atoms in total. The van der Waals surface area contributed by atoms with Crippen LogP contribution in [0.15, 0.2) is 29.2 Å². The molecule has 1 fully saturated rings. The molecule has 128 valence electrons. The molecule has 1 N–H and O–H groups in total. The van der Waals surface area contributed by atoms with Gasteiger partial charge in [-0.2, -0.15) is 4.31 Å². The molecule has 1 amide bonds. The smallest absolute Gasteiger partial charge is 0.257 e. The van der Waals surface area contributed by atoms with E-state index in [1.165, 1.54) is 23.5 Å². The number of rotatable bonds is 6. The van der Waals surface area contributed by atoms with E-state index >= 15 is 0 Å². The quantitative estimate of drug-likeness (QED) is 0.796. The first-order valence-electron chi connectivity index (χ1n) is 7.63. The number of likely N-dealkylation sites (N-methyl/N-ethyl adjacent to an activating group) is 2. The molecular formula is C15H23N3O4S. The lowest BCUT2D eigenvalue weighted by Gasteiger charge is -2.33. The van der Waals surface area contributed by atoms with Crippen LogP contribution in [-0.4, -0.2) is 69.9 Å². The number of carbonyl (C=O) groups excluding carboxylic acids is 1. The molecule has 0 saturated carbocycles. The summed E-state index contributed by atoms with van der Waals surface area (Å²) in [6.07, 6.45) is 0. The lowest BCUT2D eigenvalue weighted by atomic mass is 10.3. The Morgan fingerprint density at radius 3 is 2.30 bits per heavy atom. The normalized spacial score (nSPS) is 17.0. The van der Waals surface area contributed by atoms with Crippen LogP contribution in [0.5, 0.6) is 5.75 Å². The van der Waals surface area contributed by atoms with Gasteiger partial charge in [0.15, 0.2) is 6.61 Å². The number of sulfonamides is 1. The fourth-order valence-electron chi connectivity index (χ4n) is 2.36. The van der Waals surface area contributed by atoms with Gasteiger partial charge in [0.25, 0.3) is 5.91 Å². The van der Waals surface area contributed by atoms with Crippen molar-refractivity contribution in [2.75, 3.05) is 46.4 Å². The Labute approximate surface area is 137 Å². The third kappa shape index (κ3) is 4.43. The van der Waals surface area contributed by atoms with Crippen molar-refractivity contribution in [1.29, 1.82) is 0 Å². The molecule has 0 spiro atoms. The standard InChI is InChI=1S/C15H23N3O4S/c1-3-17-8-10-18(11-9-17)23(20,21)14-6-4-13(5-7-14)22-12-15(19)16-2/h4-7H,3,8-12H2,1-2H3,(H,16,19).